The highest BCUT2D eigenvalue weighted by atomic mass is 35.5. The minimum Gasteiger partial charge on any atom is -0.493 e. The lowest BCUT2D eigenvalue weighted by Gasteiger charge is -2.12. The second-order valence-electron chi connectivity index (χ2n) is 7.47. The first-order valence-electron chi connectivity index (χ1n) is 10.4. The van der Waals surface area contributed by atoms with Gasteiger partial charge in [0.2, 0.25) is 6.79 Å². The molecule has 0 fully saturated rings. The van der Waals surface area contributed by atoms with Crippen LogP contribution in [0.4, 0.5) is 5.69 Å². The van der Waals surface area contributed by atoms with Gasteiger partial charge in [0.25, 0.3) is 5.91 Å². The molecule has 0 bridgehead atoms. The molecule has 1 amide bonds. The quantitative estimate of drug-likeness (QED) is 0.357. The van der Waals surface area contributed by atoms with Crippen molar-refractivity contribution in [2.45, 2.75) is 13.5 Å². The Morgan fingerprint density at radius 3 is 2.71 bits per heavy atom. The molecular formula is C26H21ClN2O5. The van der Waals surface area contributed by atoms with E-state index in [2.05, 4.69) is 5.32 Å². The maximum atomic E-state index is 12.6. The van der Waals surface area contributed by atoms with Crippen molar-refractivity contribution in [2.75, 3.05) is 19.2 Å². The van der Waals surface area contributed by atoms with Gasteiger partial charge in [-0.2, -0.15) is 5.26 Å². The van der Waals surface area contributed by atoms with Gasteiger partial charge in [-0.25, -0.2) is 0 Å². The number of anilines is 1. The lowest BCUT2D eigenvalue weighted by atomic mass is 10.1. The van der Waals surface area contributed by atoms with Crippen LogP contribution in [0.1, 0.15) is 16.7 Å². The third-order valence-electron chi connectivity index (χ3n) is 5.12. The number of nitrogens with zero attached hydrogens (tertiary/aromatic N) is 1. The zero-order valence-corrected chi connectivity index (χ0v) is 19.3. The van der Waals surface area contributed by atoms with E-state index in [1.54, 1.807) is 36.4 Å². The van der Waals surface area contributed by atoms with E-state index in [0.717, 1.165) is 11.1 Å². The number of nitriles is 1. The summed E-state index contributed by atoms with van der Waals surface area (Å²) in [6.45, 7) is 2.38. The Balaban J connectivity index is 1.47. The van der Waals surface area contributed by atoms with Gasteiger partial charge < -0.3 is 24.3 Å². The zero-order valence-electron chi connectivity index (χ0n) is 18.6. The normalized spacial score (nSPS) is 12.1. The first kappa shape index (κ1) is 23.0. The highest BCUT2D eigenvalue weighted by molar-refractivity contribution is 6.31. The fraction of sp³-hybridized carbons (Fsp3) is 0.154. The number of carbonyl (C=O) groups excluding carboxylic acids is 1. The van der Waals surface area contributed by atoms with Gasteiger partial charge in [-0.1, -0.05) is 29.8 Å². The van der Waals surface area contributed by atoms with E-state index in [9.17, 15) is 10.1 Å². The van der Waals surface area contributed by atoms with Crippen molar-refractivity contribution in [3.05, 3.63) is 81.9 Å². The fourth-order valence-electron chi connectivity index (χ4n) is 3.27. The number of nitrogens with one attached hydrogen (secondary N) is 1. The Labute approximate surface area is 202 Å². The molecule has 1 N–H and O–H groups in total. The van der Waals surface area contributed by atoms with E-state index in [0.29, 0.717) is 45.9 Å². The Morgan fingerprint density at radius 2 is 1.94 bits per heavy atom. The molecule has 1 aliphatic rings. The molecule has 0 spiro atoms. The topological polar surface area (TPSA) is 89.8 Å². The Kier molecular flexibility index (Phi) is 6.90. The molecule has 7 nitrogen and oxygen atoms in total. The predicted molar refractivity (Wildman–Crippen MR) is 128 cm³/mol. The highest BCUT2D eigenvalue weighted by Crippen LogP contribution is 2.34. The average molecular weight is 477 g/mol. The summed E-state index contributed by atoms with van der Waals surface area (Å²) in [6, 6.07) is 17.9. The standard InChI is InChI=1S/C26H21ClN2O5/c1-16-3-6-20(12-21(16)27)29-26(30)19(13-28)9-17-4-7-22(24(10-17)31-2)32-14-18-5-8-23-25(11-18)34-15-33-23/h3-12H,14-15H2,1-2H3,(H,29,30)/b19-9-. The molecular weight excluding hydrogens is 456 g/mol. The summed E-state index contributed by atoms with van der Waals surface area (Å²) in [5.41, 5.74) is 2.86. The number of aryl methyl sites for hydroxylation is 1. The van der Waals surface area contributed by atoms with Crippen molar-refractivity contribution in [3.8, 4) is 29.1 Å². The average Bonchev–Trinajstić information content (AvgIpc) is 3.31. The number of hydrogen-bond donors (Lipinski definition) is 1. The SMILES string of the molecule is COc1cc(/C=C(/C#N)C(=O)Nc2ccc(C)c(Cl)c2)ccc1OCc1ccc2c(c1)OCO2. The Hall–Kier alpha value is -4.15. The van der Waals surface area contributed by atoms with Gasteiger partial charge >= 0.3 is 0 Å². The summed E-state index contributed by atoms with van der Waals surface area (Å²) in [5, 5.41) is 12.7. The van der Waals surface area contributed by atoms with E-state index in [1.807, 2.05) is 31.2 Å². The van der Waals surface area contributed by atoms with Crippen LogP contribution in [0.3, 0.4) is 0 Å². The molecule has 0 saturated heterocycles. The number of hydrogen-bond acceptors (Lipinski definition) is 6. The molecule has 3 aromatic carbocycles. The van der Waals surface area contributed by atoms with Gasteiger partial charge in [-0.15, -0.1) is 0 Å². The van der Waals surface area contributed by atoms with Crippen molar-refractivity contribution < 1.29 is 23.7 Å². The third kappa shape index (κ3) is 5.25. The van der Waals surface area contributed by atoms with Gasteiger partial charge in [-0.05, 0) is 66.1 Å². The molecule has 0 aliphatic carbocycles. The summed E-state index contributed by atoms with van der Waals surface area (Å²) in [4.78, 5) is 12.6. The van der Waals surface area contributed by atoms with Gasteiger partial charge in [0.1, 0.15) is 18.2 Å². The molecule has 1 aliphatic heterocycles. The first-order chi connectivity index (χ1) is 16.5. The van der Waals surface area contributed by atoms with E-state index >= 15 is 0 Å². The van der Waals surface area contributed by atoms with E-state index in [4.69, 9.17) is 30.5 Å². The molecule has 8 heteroatoms. The van der Waals surface area contributed by atoms with Crippen molar-refractivity contribution in [3.63, 3.8) is 0 Å². The lowest BCUT2D eigenvalue weighted by molar-refractivity contribution is -0.112. The summed E-state index contributed by atoms with van der Waals surface area (Å²) in [6.07, 6.45) is 1.48. The van der Waals surface area contributed by atoms with Crippen LogP contribution in [0, 0.1) is 18.3 Å². The number of ether oxygens (including phenoxy) is 4. The van der Waals surface area contributed by atoms with Crippen LogP contribution in [0.15, 0.2) is 60.2 Å². The Bertz CT molecular complexity index is 1310. The maximum Gasteiger partial charge on any atom is 0.266 e. The molecule has 0 radical (unpaired) electrons. The molecule has 34 heavy (non-hydrogen) atoms. The number of methoxy groups -OCH3 is 1. The van der Waals surface area contributed by atoms with Gasteiger partial charge in [0.05, 0.1) is 7.11 Å². The third-order valence-corrected chi connectivity index (χ3v) is 5.53. The van der Waals surface area contributed by atoms with Crippen LogP contribution in [0.25, 0.3) is 6.08 Å². The lowest BCUT2D eigenvalue weighted by Crippen LogP contribution is -2.13. The number of benzene rings is 3. The number of amides is 1. The second-order valence-corrected chi connectivity index (χ2v) is 7.88. The van der Waals surface area contributed by atoms with Crippen LogP contribution in [0.5, 0.6) is 23.0 Å². The van der Waals surface area contributed by atoms with Crippen LogP contribution >= 0.6 is 11.6 Å². The predicted octanol–water partition coefficient (Wildman–Crippen LogP) is 5.51. The van der Waals surface area contributed by atoms with E-state index < -0.39 is 5.91 Å². The molecule has 0 saturated carbocycles. The second kappa shape index (κ2) is 10.2. The number of rotatable bonds is 7. The summed E-state index contributed by atoms with van der Waals surface area (Å²) < 4.78 is 22.1. The van der Waals surface area contributed by atoms with Crippen LogP contribution in [-0.4, -0.2) is 19.8 Å². The van der Waals surface area contributed by atoms with Gasteiger partial charge in [0.15, 0.2) is 23.0 Å². The smallest absolute Gasteiger partial charge is 0.266 e. The van der Waals surface area contributed by atoms with E-state index in [-0.39, 0.29) is 12.4 Å². The molecule has 0 atom stereocenters. The number of halogens is 1. The van der Waals surface area contributed by atoms with Crippen molar-refractivity contribution in [2.24, 2.45) is 0 Å². The zero-order chi connectivity index (χ0) is 24.1. The number of fused-ring (bicyclic) bond motifs is 1. The Morgan fingerprint density at radius 1 is 1.12 bits per heavy atom. The summed E-state index contributed by atoms with van der Waals surface area (Å²) in [5.74, 6) is 1.85. The molecule has 1 heterocycles. The maximum absolute atomic E-state index is 12.6. The first-order valence-corrected chi connectivity index (χ1v) is 10.7. The van der Waals surface area contributed by atoms with Crippen LogP contribution in [-0.2, 0) is 11.4 Å². The summed E-state index contributed by atoms with van der Waals surface area (Å²) in [7, 11) is 1.52. The summed E-state index contributed by atoms with van der Waals surface area (Å²) >= 11 is 6.11. The number of carbonyl (C=O) groups is 1. The monoisotopic (exact) mass is 476 g/mol. The van der Waals surface area contributed by atoms with Crippen LogP contribution < -0.4 is 24.3 Å². The van der Waals surface area contributed by atoms with Crippen molar-refractivity contribution in [1.29, 1.82) is 5.26 Å². The molecule has 4 rings (SSSR count). The van der Waals surface area contributed by atoms with Gasteiger partial charge in [-0.3, -0.25) is 4.79 Å². The fourth-order valence-corrected chi connectivity index (χ4v) is 3.45. The molecule has 0 aromatic heterocycles. The largest absolute Gasteiger partial charge is 0.493 e. The van der Waals surface area contributed by atoms with Gasteiger partial charge in [0, 0.05) is 10.7 Å². The van der Waals surface area contributed by atoms with Crippen molar-refractivity contribution >= 4 is 29.3 Å². The van der Waals surface area contributed by atoms with Crippen LogP contribution in [0.2, 0.25) is 5.02 Å². The van der Waals surface area contributed by atoms with E-state index in [1.165, 1.54) is 13.2 Å². The van der Waals surface area contributed by atoms with Crippen molar-refractivity contribution in [1.82, 2.24) is 0 Å². The molecule has 3 aromatic rings. The molecule has 0 unspecified atom stereocenters. The molecule has 172 valence electrons. The highest BCUT2D eigenvalue weighted by Gasteiger charge is 2.15. The minimum atomic E-state index is -0.537. The minimum absolute atomic E-state index is 0.0622.